The zero-order valence-electron chi connectivity index (χ0n) is 12.3. The van der Waals surface area contributed by atoms with E-state index in [0.29, 0.717) is 30.0 Å². The van der Waals surface area contributed by atoms with Crippen LogP contribution in [0.25, 0.3) is 0 Å². The molecule has 0 fully saturated rings. The van der Waals surface area contributed by atoms with Crippen molar-refractivity contribution < 1.29 is 14.3 Å². The summed E-state index contributed by atoms with van der Waals surface area (Å²) in [5, 5.41) is 8.68. The van der Waals surface area contributed by atoms with Crippen molar-refractivity contribution in [2.24, 2.45) is 0 Å². The summed E-state index contributed by atoms with van der Waals surface area (Å²) in [6, 6.07) is 7.15. The maximum Gasteiger partial charge on any atom is 0.254 e. The van der Waals surface area contributed by atoms with Crippen LogP contribution < -0.4 is 9.47 Å². The van der Waals surface area contributed by atoms with Gasteiger partial charge in [-0.15, -0.1) is 0 Å². The first kappa shape index (κ1) is 15.8. The molecule has 1 amide bonds. The number of benzene rings is 1. The summed E-state index contributed by atoms with van der Waals surface area (Å²) >= 11 is 0. The van der Waals surface area contributed by atoms with Crippen molar-refractivity contribution in [3.8, 4) is 17.6 Å². The van der Waals surface area contributed by atoms with Crippen molar-refractivity contribution in [1.82, 2.24) is 4.90 Å². The lowest BCUT2D eigenvalue weighted by molar-refractivity contribution is 0.0710. The summed E-state index contributed by atoms with van der Waals surface area (Å²) in [6.07, 6.45) is 0.317. The number of rotatable bonds is 6. The van der Waals surface area contributed by atoms with E-state index in [9.17, 15) is 4.79 Å². The van der Waals surface area contributed by atoms with E-state index in [1.165, 1.54) is 7.11 Å². The molecular weight excluding hydrogens is 256 g/mol. The largest absolute Gasteiger partial charge is 0.493 e. The molecule has 0 bridgehead atoms. The lowest BCUT2D eigenvalue weighted by Crippen LogP contribution is -2.37. The number of nitriles is 1. The van der Waals surface area contributed by atoms with Gasteiger partial charge < -0.3 is 14.4 Å². The first-order valence-corrected chi connectivity index (χ1v) is 6.45. The molecule has 5 heteroatoms. The smallest absolute Gasteiger partial charge is 0.254 e. The highest BCUT2D eigenvalue weighted by molar-refractivity contribution is 5.95. The van der Waals surface area contributed by atoms with Gasteiger partial charge in [-0.05, 0) is 32.0 Å². The number of nitrogens with zero attached hydrogens (tertiary/aromatic N) is 2. The van der Waals surface area contributed by atoms with Gasteiger partial charge in [-0.1, -0.05) is 0 Å². The molecular formula is C15H20N2O3. The zero-order chi connectivity index (χ0) is 15.1. The minimum absolute atomic E-state index is 0.0314. The molecule has 5 nitrogen and oxygen atoms in total. The molecule has 108 valence electrons. The Kier molecular flexibility index (Phi) is 5.85. The van der Waals surface area contributed by atoms with Gasteiger partial charge >= 0.3 is 0 Å². The van der Waals surface area contributed by atoms with Crippen LogP contribution in [0, 0.1) is 11.3 Å². The maximum absolute atomic E-state index is 12.5. The van der Waals surface area contributed by atoms with Crippen molar-refractivity contribution in [2.45, 2.75) is 26.3 Å². The van der Waals surface area contributed by atoms with Gasteiger partial charge in [0.05, 0.1) is 26.7 Å². The van der Waals surface area contributed by atoms with E-state index >= 15 is 0 Å². The van der Waals surface area contributed by atoms with Crippen LogP contribution in [-0.2, 0) is 0 Å². The second-order valence-corrected chi connectivity index (χ2v) is 4.57. The molecule has 0 aliphatic rings. The van der Waals surface area contributed by atoms with Gasteiger partial charge in [0.2, 0.25) is 0 Å². The zero-order valence-corrected chi connectivity index (χ0v) is 12.3. The Balaban J connectivity index is 3.03. The number of methoxy groups -OCH3 is 2. The molecule has 0 saturated carbocycles. The van der Waals surface area contributed by atoms with Gasteiger partial charge in [-0.2, -0.15) is 5.26 Å². The lowest BCUT2D eigenvalue weighted by Gasteiger charge is -2.26. The molecule has 0 atom stereocenters. The highest BCUT2D eigenvalue weighted by Crippen LogP contribution is 2.28. The Bertz CT molecular complexity index is 506. The van der Waals surface area contributed by atoms with Crippen molar-refractivity contribution >= 4 is 5.91 Å². The van der Waals surface area contributed by atoms with E-state index in [1.807, 2.05) is 13.8 Å². The van der Waals surface area contributed by atoms with Crippen molar-refractivity contribution in [2.75, 3.05) is 20.8 Å². The summed E-state index contributed by atoms with van der Waals surface area (Å²) in [7, 11) is 3.08. The van der Waals surface area contributed by atoms with E-state index in [-0.39, 0.29) is 11.9 Å². The maximum atomic E-state index is 12.5. The highest BCUT2D eigenvalue weighted by Gasteiger charge is 2.19. The molecule has 0 unspecified atom stereocenters. The Morgan fingerprint density at radius 1 is 1.30 bits per heavy atom. The molecule has 1 aromatic rings. The van der Waals surface area contributed by atoms with Crippen LogP contribution in [0.2, 0.25) is 0 Å². The fourth-order valence-electron chi connectivity index (χ4n) is 1.90. The van der Waals surface area contributed by atoms with Gasteiger partial charge in [-0.25, -0.2) is 0 Å². The van der Waals surface area contributed by atoms with Gasteiger partial charge in [0, 0.05) is 18.2 Å². The van der Waals surface area contributed by atoms with E-state index in [4.69, 9.17) is 14.7 Å². The van der Waals surface area contributed by atoms with Gasteiger partial charge in [0.1, 0.15) is 0 Å². The van der Waals surface area contributed by atoms with Crippen LogP contribution in [0.5, 0.6) is 11.5 Å². The Morgan fingerprint density at radius 3 is 2.45 bits per heavy atom. The van der Waals surface area contributed by atoms with Gasteiger partial charge in [0.25, 0.3) is 5.91 Å². The van der Waals surface area contributed by atoms with Crippen LogP contribution in [0.4, 0.5) is 0 Å². The number of ether oxygens (including phenoxy) is 2. The fraction of sp³-hybridized carbons (Fsp3) is 0.467. The molecule has 0 aliphatic carbocycles. The number of amides is 1. The number of carbonyl (C=O) groups excluding carboxylic acids is 1. The summed E-state index contributed by atoms with van der Waals surface area (Å²) < 4.78 is 10.4. The van der Waals surface area contributed by atoms with Crippen LogP contribution in [0.3, 0.4) is 0 Å². The van der Waals surface area contributed by atoms with E-state index in [0.717, 1.165) is 0 Å². The van der Waals surface area contributed by atoms with Gasteiger partial charge in [0.15, 0.2) is 11.5 Å². The second-order valence-electron chi connectivity index (χ2n) is 4.57. The monoisotopic (exact) mass is 276 g/mol. The average Bonchev–Trinajstić information content (AvgIpc) is 2.46. The predicted octanol–water partition coefficient (Wildman–Crippen LogP) is 2.47. The predicted molar refractivity (Wildman–Crippen MR) is 75.9 cm³/mol. The fourth-order valence-corrected chi connectivity index (χ4v) is 1.90. The Hall–Kier alpha value is -2.22. The quantitative estimate of drug-likeness (QED) is 0.800. The van der Waals surface area contributed by atoms with Crippen molar-refractivity contribution in [3.05, 3.63) is 23.8 Å². The van der Waals surface area contributed by atoms with Crippen LogP contribution in [0.1, 0.15) is 30.6 Å². The van der Waals surface area contributed by atoms with Crippen LogP contribution in [-0.4, -0.2) is 37.6 Å². The third-order valence-electron chi connectivity index (χ3n) is 2.98. The minimum atomic E-state index is -0.115. The first-order chi connectivity index (χ1) is 9.54. The summed E-state index contributed by atoms with van der Waals surface area (Å²) in [5.41, 5.74) is 0.522. The summed E-state index contributed by atoms with van der Waals surface area (Å²) in [4.78, 5) is 14.2. The Labute approximate surface area is 119 Å². The normalized spacial score (nSPS) is 10.0. The molecule has 0 radical (unpaired) electrons. The standard InChI is InChI=1S/C15H20N2O3/c1-11(2)17(9-5-8-16)15(18)12-6-7-13(19-3)14(10-12)20-4/h6-7,10-11H,5,9H2,1-4H3. The lowest BCUT2D eigenvalue weighted by atomic mass is 10.1. The summed E-state index contributed by atoms with van der Waals surface area (Å²) in [6.45, 7) is 4.27. The molecule has 0 aromatic heterocycles. The van der Waals surface area contributed by atoms with Crippen LogP contribution in [0.15, 0.2) is 18.2 Å². The SMILES string of the molecule is COc1ccc(C(=O)N(CCC#N)C(C)C)cc1OC. The van der Waals surface area contributed by atoms with Crippen molar-refractivity contribution in [1.29, 1.82) is 5.26 Å². The van der Waals surface area contributed by atoms with E-state index < -0.39 is 0 Å². The second kappa shape index (κ2) is 7.39. The number of hydrogen-bond acceptors (Lipinski definition) is 4. The first-order valence-electron chi connectivity index (χ1n) is 6.45. The topological polar surface area (TPSA) is 62.6 Å². The average molecular weight is 276 g/mol. The number of hydrogen-bond donors (Lipinski definition) is 0. The summed E-state index contributed by atoms with van der Waals surface area (Å²) in [5.74, 6) is 0.982. The van der Waals surface area contributed by atoms with Gasteiger partial charge in [-0.3, -0.25) is 4.79 Å². The Morgan fingerprint density at radius 2 is 1.95 bits per heavy atom. The molecule has 0 N–H and O–H groups in total. The highest BCUT2D eigenvalue weighted by atomic mass is 16.5. The molecule has 0 saturated heterocycles. The molecule has 1 rings (SSSR count). The van der Waals surface area contributed by atoms with E-state index in [1.54, 1.807) is 30.2 Å². The minimum Gasteiger partial charge on any atom is -0.493 e. The number of carbonyl (C=O) groups is 1. The van der Waals surface area contributed by atoms with E-state index in [2.05, 4.69) is 6.07 Å². The molecule has 0 heterocycles. The van der Waals surface area contributed by atoms with Crippen LogP contribution >= 0.6 is 0 Å². The third-order valence-corrected chi connectivity index (χ3v) is 2.98. The third kappa shape index (κ3) is 3.64. The molecule has 0 spiro atoms. The van der Waals surface area contributed by atoms with Crippen molar-refractivity contribution in [3.63, 3.8) is 0 Å². The molecule has 0 aliphatic heterocycles. The molecule has 1 aromatic carbocycles. The molecule has 20 heavy (non-hydrogen) atoms.